The maximum absolute atomic E-state index is 9.43. The molecule has 2 fully saturated rings. The number of piperidine rings is 2. The molecule has 2 unspecified atom stereocenters. The molecule has 0 amide bonds. The van der Waals surface area contributed by atoms with E-state index in [0.29, 0.717) is 0 Å². The van der Waals surface area contributed by atoms with Crippen molar-refractivity contribution < 1.29 is 5.11 Å². The van der Waals surface area contributed by atoms with Crippen molar-refractivity contribution in [1.82, 2.24) is 9.80 Å². The molecule has 0 aromatic rings. The molecule has 4 nitrogen and oxygen atoms in total. The van der Waals surface area contributed by atoms with Crippen molar-refractivity contribution in [3.8, 4) is 0 Å². The summed E-state index contributed by atoms with van der Waals surface area (Å²) in [6, 6.07) is 0.975. The van der Waals surface area contributed by atoms with E-state index in [1.807, 2.05) is 6.92 Å². The van der Waals surface area contributed by atoms with Gasteiger partial charge in [-0.25, -0.2) is 0 Å². The third-order valence-corrected chi connectivity index (χ3v) is 4.67. The summed E-state index contributed by atoms with van der Waals surface area (Å²) in [6.45, 7) is 6.95. The van der Waals surface area contributed by atoms with Crippen molar-refractivity contribution in [2.24, 2.45) is 5.73 Å². The van der Waals surface area contributed by atoms with Crippen LogP contribution in [0.1, 0.15) is 39.0 Å². The smallest absolute Gasteiger partial charge is 0.0601 e. The average Bonchev–Trinajstić information content (AvgIpc) is 2.41. The van der Waals surface area contributed by atoms with Crippen molar-refractivity contribution in [3.63, 3.8) is 0 Å². The van der Waals surface area contributed by atoms with Crippen LogP contribution in [-0.2, 0) is 0 Å². The van der Waals surface area contributed by atoms with Gasteiger partial charge in [-0.1, -0.05) is 6.42 Å². The molecule has 0 saturated carbocycles. The highest BCUT2D eigenvalue weighted by molar-refractivity contribution is 4.86. The number of likely N-dealkylation sites (tertiary alicyclic amines) is 2. The van der Waals surface area contributed by atoms with E-state index in [0.717, 1.165) is 19.1 Å². The van der Waals surface area contributed by atoms with E-state index >= 15 is 0 Å². The molecule has 0 bridgehead atoms. The lowest BCUT2D eigenvalue weighted by molar-refractivity contribution is 0.0457. The number of aliphatic hydroxyl groups excluding tert-OH is 1. The van der Waals surface area contributed by atoms with Crippen LogP contribution in [0.2, 0.25) is 0 Å². The summed E-state index contributed by atoms with van der Waals surface area (Å²) >= 11 is 0. The number of rotatable bonds is 4. The molecule has 0 aromatic heterocycles. The summed E-state index contributed by atoms with van der Waals surface area (Å²) in [6.07, 6.45) is 6.64. The van der Waals surface area contributed by atoms with Gasteiger partial charge in [0.25, 0.3) is 0 Å². The summed E-state index contributed by atoms with van der Waals surface area (Å²) in [5, 5.41) is 9.43. The molecular formula is C14H29N3O. The SMILES string of the molecule is CC(N)C(CO)N1CCC(N2CCCCC2)CC1. The van der Waals surface area contributed by atoms with Gasteiger partial charge in [-0.15, -0.1) is 0 Å². The van der Waals surface area contributed by atoms with Gasteiger partial charge in [-0.3, -0.25) is 4.90 Å². The zero-order chi connectivity index (χ0) is 13.0. The number of nitrogens with two attached hydrogens (primary N) is 1. The van der Waals surface area contributed by atoms with Gasteiger partial charge >= 0.3 is 0 Å². The summed E-state index contributed by atoms with van der Waals surface area (Å²) in [5.74, 6) is 0. The Bertz CT molecular complexity index is 233. The molecule has 0 radical (unpaired) electrons. The van der Waals surface area contributed by atoms with E-state index in [4.69, 9.17) is 5.73 Å². The zero-order valence-electron chi connectivity index (χ0n) is 11.7. The maximum Gasteiger partial charge on any atom is 0.0601 e. The molecule has 0 aliphatic carbocycles. The van der Waals surface area contributed by atoms with Crippen LogP contribution in [0.15, 0.2) is 0 Å². The van der Waals surface area contributed by atoms with Crippen molar-refractivity contribution >= 4 is 0 Å². The Morgan fingerprint density at radius 3 is 2.22 bits per heavy atom. The molecule has 0 spiro atoms. The fourth-order valence-electron chi connectivity index (χ4n) is 3.48. The van der Waals surface area contributed by atoms with E-state index in [2.05, 4.69) is 9.80 Å². The standard InChI is InChI=1S/C14H29N3O/c1-12(15)14(11-18)17-9-5-13(6-10-17)16-7-3-2-4-8-16/h12-14,18H,2-11,15H2,1H3. The first-order valence-electron chi connectivity index (χ1n) is 7.57. The van der Waals surface area contributed by atoms with Gasteiger partial charge in [-0.2, -0.15) is 0 Å². The molecule has 18 heavy (non-hydrogen) atoms. The molecule has 4 heteroatoms. The quantitative estimate of drug-likeness (QED) is 0.774. The summed E-state index contributed by atoms with van der Waals surface area (Å²) in [4.78, 5) is 5.06. The fraction of sp³-hybridized carbons (Fsp3) is 1.00. The lowest BCUT2D eigenvalue weighted by Crippen LogP contribution is -2.54. The third kappa shape index (κ3) is 3.44. The predicted octanol–water partition coefficient (Wildman–Crippen LogP) is 0.645. The van der Waals surface area contributed by atoms with Gasteiger partial charge in [0.15, 0.2) is 0 Å². The Labute approximate surface area is 111 Å². The van der Waals surface area contributed by atoms with Crippen LogP contribution in [0.5, 0.6) is 0 Å². The monoisotopic (exact) mass is 255 g/mol. The number of nitrogens with zero attached hydrogens (tertiary/aromatic N) is 2. The van der Waals surface area contributed by atoms with Crippen LogP contribution in [0.25, 0.3) is 0 Å². The number of hydrogen-bond donors (Lipinski definition) is 2. The summed E-state index contributed by atoms with van der Waals surface area (Å²) < 4.78 is 0. The zero-order valence-corrected chi connectivity index (χ0v) is 11.7. The minimum atomic E-state index is 0.0570. The lowest BCUT2D eigenvalue weighted by atomic mass is 9.97. The van der Waals surface area contributed by atoms with E-state index in [1.165, 1.54) is 45.2 Å². The minimum absolute atomic E-state index is 0.0570. The third-order valence-electron chi connectivity index (χ3n) is 4.67. The predicted molar refractivity (Wildman–Crippen MR) is 74.5 cm³/mol. The normalized spacial score (nSPS) is 28.2. The highest BCUT2D eigenvalue weighted by Gasteiger charge is 2.29. The van der Waals surface area contributed by atoms with E-state index < -0.39 is 0 Å². The molecule has 2 heterocycles. The molecule has 2 saturated heterocycles. The molecule has 106 valence electrons. The first-order chi connectivity index (χ1) is 8.72. The Kier molecular flexibility index (Phi) is 5.42. The largest absolute Gasteiger partial charge is 0.395 e. The highest BCUT2D eigenvalue weighted by Crippen LogP contribution is 2.22. The van der Waals surface area contributed by atoms with Gasteiger partial charge in [0.1, 0.15) is 0 Å². The molecule has 0 aromatic carbocycles. The topological polar surface area (TPSA) is 52.7 Å². The van der Waals surface area contributed by atoms with Crippen LogP contribution < -0.4 is 5.73 Å². The Morgan fingerprint density at radius 1 is 1.11 bits per heavy atom. The van der Waals surface area contributed by atoms with Gasteiger partial charge in [0.05, 0.1) is 6.61 Å². The fourth-order valence-corrected chi connectivity index (χ4v) is 3.48. The van der Waals surface area contributed by atoms with Gasteiger partial charge in [0, 0.05) is 31.2 Å². The van der Waals surface area contributed by atoms with Crippen LogP contribution in [0.3, 0.4) is 0 Å². The first kappa shape index (κ1) is 14.3. The molecular weight excluding hydrogens is 226 g/mol. The van der Waals surface area contributed by atoms with Gasteiger partial charge < -0.3 is 15.7 Å². The Morgan fingerprint density at radius 2 is 1.72 bits per heavy atom. The van der Waals surface area contributed by atoms with E-state index in [-0.39, 0.29) is 18.7 Å². The lowest BCUT2D eigenvalue weighted by Gasteiger charge is -2.43. The first-order valence-corrected chi connectivity index (χ1v) is 7.57. The molecule has 3 N–H and O–H groups in total. The van der Waals surface area contributed by atoms with Crippen LogP contribution in [0.4, 0.5) is 0 Å². The maximum atomic E-state index is 9.43. The molecule has 2 atom stereocenters. The van der Waals surface area contributed by atoms with Gasteiger partial charge in [-0.05, 0) is 45.7 Å². The van der Waals surface area contributed by atoms with Crippen LogP contribution in [-0.4, -0.2) is 65.8 Å². The summed E-state index contributed by atoms with van der Waals surface area (Å²) in [7, 11) is 0. The summed E-state index contributed by atoms with van der Waals surface area (Å²) in [5.41, 5.74) is 5.94. The second kappa shape index (κ2) is 6.85. The minimum Gasteiger partial charge on any atom is -0.395 e. The second-order valence-electron chi connectivity index (χ2n) is 5.97. The van der Waals surface area contributed by atoms with Crippen LogP contribution >= 0.6 is 0 Å². The highest BCUT2D eigenvalue weighted by atomic mass is 16.3. The van der Waals surface area contributed by atoms with Crippen molar-refractivity contribution in [2.75, 3.05) is 32.8 Å². The molecule has 2 aliphatic rings. The van der Waals surface area contributed by atoms with Gasteiger partial charge in [0.2, 0.25) is 0 Å². The van der Waals surface area contributed by atoms with Crippen molar-refractivity contribution in [1.29, 1.82) is 0 Å². The molecule has 2 rings (SSSR count). The van der Waals surface area contributed by atoms with Crippen LogP contribution in [0, 0.1) is 0 Å². The van der Waals surface area contributed by atoms with Crippen molar-refractivity contribution in [2.45, 2.75) is 57.2 Å². The average molecular weight is 255 g/mol. The number of aliphatic hydroxyl groups is 1. The van der Waals surface area contributed by atoms with E-state index in [1.54, 1.807) is 0 Å². The van der Waals surface area contributed by atoms with E-state index in [9.17, 15) is 5.11 Å². The number of hydrogen-bond acceptors (Lipinski definition) is 4. The van der Waals surface area contributed by atoms with Crippen molar-refractivity contribution in [3.05, 3.63) is 0 Å². The Balaban J connectivity index is 1.79. The second-order valence-corrected chi connectivity index (χ2v) is 5.97. The molecule has 2 aliphatic heterocycles. The Hall–Kier alpha value is -0.160.